The lowest BCUT2D eigenvalue weighted by Crippen LogP contribution is -2.42. The Balaban J connectivity index is 1.57. The van der Waals surface area contributed by atoms with E-state index in [-0.39, 0.29) is 30.8 Å². The van der Waals surface area contributed by atoms with E-state index in [1.165, 1.54) is 13.3 Å². The monoisotopic (exact) mass is 375 g/mol. The topological polar surface area (TPSA) is 81.7 Å². The average molecular weight is 375 g/mol. The molecule has 27 heavy (non-hydrogen) atoms. The average Bonchev–Trinajstić information content (AvgIpc) is 2.66. The molecule has 0 aromatic heterocycles. The zero-order chi connectivity index (χ0) is 19.6. The summed E-state index contributed by atoms with van der Waals surface area (Å²) in [4.78, 5) is 34.9. The number of carbonyl (C=O) groups is 3. The molecule has 1 N–H and O–H groups in total. The molecule has 0 saturated heterocycles. The van der Waals surface area contributed by atoms with E-state index in [2.05, 4.69) is 12.2 Å². The second kappa shape index (κ2) is 10.7. The van der Waals surface area contributed by atoms with Gasteiger partial charge in [0.15, 0.2) is 12.4 Å². The minimum atomic E-state index is -0.405. The standard InChI is InChI=1S/C21H29NO5/c1-15-6-3-4-7-19(15)22-20(24)14-27-21(25)8-5-13-26-18-11-9-17(10-12-18)16(2)23/h9-12,15,19H,3-8,13-14H2,1-2H3,(H,22,24)/t15-,19+/m0/s1. The fraction of sp³-hybridized carbons (Fsp3) is 0.571. The third-order valence-electron chi connectivity index (χ3n) is 4.88. The van der Waals surface area contributed by atoms with Crippen LogP contribution < -0.4 is 10.1 Å². The quantitative estimate of drug-likeness (QED) is 0.407. The molecule has 0 unspecified atom stereocenters. The van der Waals surface area contributed by atoms with Crippen molar-refractivity contribution in [2.45, 2.75) is 58.4 Å². The van der Waals surface area contributed by atoms with E-state index in [0.717, 1.165) is 19.3 Å². The highest BCUT2D eigenvalue weighted by Gasteiger charge is 2.23. The van der Waals surface area contributed by atoms with Crippen molar-refractivity contribution in [3.63, 3.8) is 0 Å². The lowest BCUT2D eigenvalue weighted by molar-refractivity contribution is -0.149. The van der Waals surface area contributed by atoms with Gasteiger partial charge in [-0.05, 0) is 56.4 Å². The fourth-order valence-corrected chi connectivity index (χ4v) is 3.19. The van der Waals surface area contributed by atoms with E-state index in [1.54, 1.807) is 24.3 Å². The van der Waals surface area contributed by atoms with Crippen LogP contribution in [0.3, 0.4) is 0 Å². The number of rotatable bonds is 9. The van der Waals surface area contributed by atoms with Crippen LogP contribution in [0, 0.1) is 5.92 Å². The number of nitrogens with one attached hydrogen (secondary N) is 1. The van der Waals surface area contributed by atoms with Gasteiger partial charge in [0.2, 0.25) is 0 Å². The third-order valence-corrected chi connectivity index (χ3v) is 4.88. The van der Waals surface area contributed by atoms with Gasteiger partial charge in [-0.25, -0.2) is 0 Å². The van der Waals surface area contributed by atoms with Crippen LogP contribution in [0.5, 0.6) is 5.75 Å². The molecule has 0 radical (unpaired) electrons. The van der Waals surface area contributed by atoms with Crippen LogP contribution >= 0.6 is 0 Å². The van der Waals surface area contributed by atoms with Gasteiger partial charge in [-0.15, -0.1) is 0 Å². The maximum Gasteiger partial charge on any atom is 0.306 e. The predicted molar refractivity (Wildman–Crippen MR) is 102 cm³/mol. The molecule has 1 aliphatic carbocycles. The third kappa shape index (κ3) is 7.41. The fourth-order valence-electron chi connectivity index (χ4n) is 3.19. The van der Waals surface area contributed by atoms with Gasteiger partial charge in [-0.3, -0.25) is 14.4 Å². The van der Waals surface area contributed by atoms with Crippen LogP contribution in [0.2, 0.25) is 0 Å². The molecule has 1 aromatic rings. The molecular formula is C21H29NO5. The molecule has 148 valence electrons. The SMILES string of the molecule is CC(=O)c1ccc(OCCCC(=O)OCC(=O)N[C@@H]2CCCC[C@@H]2C)cc1. The van der Waals surface area contributed by atoms with Gasteiger partial charge in [0.05, 0.1) is 6.61 Å². The zero-order valence-electron chi connectivity index (χ0n) is 16.2. The summed E-state index contributed by atoms with van der Waals surface area (Å²) in [5.74, 6) is 0.488. The molecular weight excluding hydrogens is 346 g/mol. The van der Waals surface area contributed by atoms with Crippen molar-refractivity contribution < 1.29 is 23.9 Å². The number of amides is 1. The summed E-state index contributed by atoms with van der Waals surface area (Å²) in [5, 5.41) is 2.96. The van der Waals surface area contributed by atoms with Crippen molar-refractivity contribution in [2.24, 2.45) is 5.92 Å². The summed E-state index contributed by atoms with van der Waals surface area (Å²) in [7, 11) is 0. The van der Waals surface area contributed by atoms with E-state index < -0.39 is 5.97 Å². The van der Waals surface area contributed by atoms with Gasteiger partial charge in [0.25, 0.3) is 5.91 Å². The smallest absolute Gasteiger partial charge is 0.306 e. The van der Waals surface area contributed by atoms with E-state index in [9.17, 15) is 14.4 Å². The second-order valence-corrected chi connectivity index (χ2v) is 7.13. The number of hydrogen-bond donors (Lipinski definition) is 1. The number of Topliss-reactive ketones (excluding diaryl/α,β-unsaturated/α-hetero) is 1. The highest BCUT2D eigenvalue weighted by atomic mass is 16.5. The van der Waals surface area contributed by atoms with Crippen molar-refractivity contribution in [3.05, 3.63) is 29.8 Å². The molecule has 0 bridgehead atoms. The minimum absolute atomic E-state index is 0.00581. The van der Waals surface area contributed by atoms with E-state index >= 15 is 0 Å². The van der Waals surface area contributed by atoms with Crippen molar-refractivity contribution in [1.29, 1.82) is 0 Å². The Morgan fingerprint density at radius 1 is 1.11 bits per heavy atom. The Labute approximate surface area is 160 Å². The van der Waals surface area contributed by atoms with Gasteiger partial charge in [-0.1, -0.05) is 19.8 Å². The first-order valence-corrected chi connectivity index (χ1v) is 9.64. The van der Waals surface area contributed by atoms with Crippen LogP contribution in [-0.2, 0) is 14.3 Å². The second-order valence-electron chi connectivity index (χ2n) is 7.13. The summed E-state index contributed by atoms with van der Waals surface area (Å²) >= 11 is 0. The molecule has 0 aliphatic heterocycles. The zero-order valence-corrected chi connectivity index (χ0v) is 16.2. The van der Waals surface area contributed by atoms with Crippen molar-refractivity contribution >= 4 is 17.7 Å². The van der Waals surface area contributed by atoms with Gasteiger partial charge in [0.1, 0.15) is 5.75 Å². The summed E-state index contributed by atoms with van der Waals surface area (Å²) in [6.07, 6.45) is 5.15. The first-order chi connectivity index (χ1) is 13.0. The summed E-state index contributed by atoms with van der Waals surface area (Å²) < 4.78 is 10.6. The van der Waals surface area contributed by atoms with Crippen molar-refractivity contribution in [2.75, 3.05) is 13.2 Å². The highest BCUT2D eigenvalue weighted by molar-refractivity contribution is 5.94. The van der Waals surface area contributed by atoms with Gasteiger partial charge in [0, 0.05) is 18.0 Å². The van der Waals surface area contributed by atoms with Crippen molar-refractivity contribution in [3.8, 4) is 5.75 Å². The first kappa shape index (κ1) is 20.9. The molecule has 2 atom stereocenters. The lowest BCUT2D eigenvalue weighted by atomic mass is 9.86. The molecule has 0 spiro atoms. The lowest BCUT2D eigenvalue weighted by Gasteiger charge is -2.29. The van der Waals surface area contributed by atoms with Crippen LogP contribution in [0.1, 0.15) is 62.7 Å². The highest BCUT2D eigenvalue weighted by Crippen LogP contribution is 2.23. The number of esters is 1. The minimum Gasteiger partial charge on any atom is -0.494 e. The van der Waals surface area contributed by atoms with Gasteiger partial charge >= 0.3 is 5.97 Å². The van der Waals surface area contributed by atoms with Crippen LogP contribution in [0.15, 0.2) is 24.3 Å². The Hall–Kier alpha value is -2.37. The largest absolute Gasteiger partial charge is 0.494 e. The molecule has 1 fully saturated rings. The molecule has 6 heteroatoms. The molecule has 1 aliphatic rings. The Morgan fingerprint density at radius 3 is 2.48 bits per heavy atom. The normalized spacial score (nSPS) is 19.2. The number of ketones is 1. The van der Waals surface area contributed by atoms with E-state index in [1.807, 2.05) is 0 Å². The maximum absolute atomic E-state index is 11.9. The number of hydrogen-bond acceptors (Lipinski definition) is 5. The van der Waals surface area contributed by atoms with Crippen LogP contribution in [-0.4, -0.2) is 36.9 Å². The number of carbonyl (C=O) groups excluding carboxylic acids is 3. The Morgan fingerprint density at radius 2 is 1.81 bits per heavy atom. The maximum atomic E-state index is 11.9. The number of benzene rings is 1. The van der Waals surface area contributed by atoms with Gasteiger partial charge < -0.3 is 14.8 Å². The molecule has 1 aromatic carbocycles. The van der Waals surface area contributed by atoms with Crippen LogP contribution in [0.25, 0.3) is 0 Å². The molecule has 1 amide bonds. The van der Waals surface area contributed by atoms with E-state index in [4.69, 9.17) is 9.47 Å². The summed E-state index contributed by atoms with van der Waals surface area (Å²) in [6.45, 7) is 3.79. The molecule has 6 nitrogen and oxygen atoms in total. The summed E-state index contributed by atoms with van der Waals surface area (Å²) in [5.41, 5.74) is 0.631. The van der Waals surface area contributed by atoms with E-state index in [0.29, 0.717) is 30.3 Å². The first-order valence-electron chi connectivity index (χ1n) is 9.64. The Bertz CT molecular complexity index is 640. The molecule has 1 saturated carbocycles. The Kier molecular flexibility index (Phi) is 8.30. The van der Waals surface area contributed by atoms with Crippen molar-refractivity contribution in [1.82, 2.24) is 5.32 Å². The summed E-state index contributed by atoms with van der Waals surface area (Å²) in [6, 6.07) is 7.06. The molecule has 0 heterocycles. The van der Waals surface area contributed by atoms with Crippen LogP contribution in [0.4, 0.5) is 0 Å². The predicted octanol–water partition coefficient (Wildman–Crippen LogP) is 3.29. The van der Waals surface area contributed by atoms with Gasteiger partial charge in [-0.2, -0.15) is 0 Å². The molecule has 2 rings (SSSR count). The number of ether oxygens (including phenoxy) is 2.